The predicted octanol–water partition coefficient (Wildman–Crippen LogP) is 3.22. The van der Waals surface area contributed by atoms with Crippen molar-refractivity contribution in [3.05, 3.63) is 34.3 Å². The molecule has 114 valence electrons. The van der Waals surface area contributed by atoms with E-state index in [4.69, 9.17) is 16.7 Å². The summed E-state index contributed by atoms with van der Waals surface area (Å²) in [4.78, 5) is 25.3. The Balaban J connectivity index is 2.04. The van der Waals surface area contributed by atoms with Gasteiger partial charge in [0.1, 0.15) is 0 Å². The molecule has 1 aromatic carbocycles. The fourth-order valence-corrected chi connectivity index (χ4v) is 2.99. The minimum atomic E-state index is -0.762. The van der Waals surface area contributed by atoms with Crippen LogP contribution in [0.2, 0.25) is 5.02 Å². The number of carbonyl (C=O) groups is 2. The number of carboxylic acid groups (broad SMARTS) is 1. The Hall–Kier alpha value is -1.55. The van der Waals surface area contributed by atoms with Crippen molar-refractivity contribution in [1.29, 1.82) is 0 Å². The molecule has 0 aliphatic carbocycles. The van der Waals surface area contributed by atoms with Gasteiger partial charge in [0.25, 0.3) is 5.91 Å². The molecule has 1 saturated heterocycles. The summed E-state index contributed by atoms with van der Waals surface area (Å²) in [6.45, 7) is 4.79. The van der Waals surface area contributed by atoms with Gasteiger partial charge in [-0.05, 0) is 37.3 Å². The van der Waals surface area contributed by atoms with E-state index in [1.807, 2.05) is 19.1 Å². The van der Waals surface area contributed by atoms with Crippen LogP contribution in [0.1, 0.15) is 35.7 Å². The molecule has 0 radical (unpaired) electrons. The van der Waals surface area contributed by atoms with Gasteiger partial charge in [-0.25, -0.2) is 0 Å². The van der Waals surface area contributed by atoms with Crippen LogP contribution in [0.15, 0.2) is 18.2 Å². The molecule has 1 heterocycles. The minimum Gasteiger partial charge on any atom is -0.481 e. The highest BCUT2D eigenvalue weighted by molar-refractivity contribution is 6.34. The number of hydrogen-bond acceptors (Lipinski definition) is 2. The third-order valence-corrected chi connectivity index (χ3v) is 4.85. The van der Waals surface area contributed by atoms with Crippen LogP contribution in [-0.2, 0) is 4.79 Å². The standard InChI is InChI=1S/C16H20ClNO3/c1-10-4-3-5-13(14(10)17)15(19)18-8-6-12(7-9-18)11(2)16(20)21/h3-5,11-12H,6-9H2,1-2H3,(H,20,21). The first-order valence-electron chi connectivity index (χ1n) is 7.19. The molecule has 4 nitrogen and oxygen atoms in total. The Morgan fingerprint density at radius 2 is 1.95 bits per heavy atom. The maximum absolute atomic E-state index is 12.5. The number of likely N-dealkylation sites (tertiary alicyclic amines) is 1. The van der Waals surface area contributed by atoms with Crippen molar-refractivity contribution in [2.45, 2.75) is 26.7 Å². The van der Waals surface area contributed by atoms with Crippen molar-refractivity contribution < 1.29 is 14.7 Å². The third kappa shape index (κ3) is 3.38. The lowest BCUT2D eigenvalue weighted by molar-refractivity contribution is -0.143. The molecule has 2 rings (SSSR count). The normalized spacial score (nSPS) is 17.6. The molecule has 1 amide bonds. The molecule has 5 heteroatoms. The van der Waals surface area contributed by atoms with Crippen LogP contribution >= 0.6 is 11.6 Å². The first-order chi connectivity index (χ1) is 9.91. The van der Waals surface area contributed by atoms with Gasteiger partial charge in [0.05, 0.1) is 16.5 Å². The van der Waals surface area contributed by atoms with E-state index in [2.05, 4.69) is 0 Å². The minimum absolute atomic E-state index is 0.0647. The number of hydrogen-bond donors (Lipinski definition) is 1. The van der Waals surface area contributed by atoms with Gasteiger partial charge in [0.2, 0.25) is 0 Å². The molecule has 1 aromatic rings. The van der Waals surface area contributed by atoms with Gasteiger partial charge in [-0.15, -0.1) is 0 Å². The van der Waals surface area contributed by atoms with Gasteiger partial charge in [-0.2, -0.15) is 0 Å². The second kappa shape index (κ2) is 6.48. The molecule has 21 heavy (non-hydrogen) atoms. The number of amides is 1. The van der Waals surface area contributed by atoms with Crippen molar-refractivity contribution in [2.24, 2.45) is 11.8 Å². The summed E-state index contributed by atoms with van der Waals surface area (Å²) in [6, 6.07) is 5.44. The number of nitrogens with zero attached hydrogens (tertiary/aromatic N) is 1. The molecule has 0 bridgehead atoms. The highest BCUT2D eigenvalue weighted by Gasteiger charge is 2.30. The quantitative estimate of drug-likeness (QED) is 0.932. The number of rotatable bonds is 3. The van der Waals surface area contributed by atoms with Crippen molar-refractivity contribution >= 4 is 23.5 Å². The largest absolute Gasteiger partial charge is 0.481 e. The topological polar surface area (TPSA) is 57.6 Å². The zero-order valence-electron chi connectivity index (χ0n) is 12.3. The van der Waals surface area contributed by atoms with Crippen molar-refractivity contribution in [2.75, 3.05) is 13.1 Å². The average Bonchev–Trinajstić information content (AvgIpc) is 2.48. The number of halogens is 1. The molecular weight excluding hydrogens is 290 g/mol. The number of aryl methyl sites for hydroxylation is 1. The molecule has 1 aliphatic heterocycles. The summed E-state index contributed by atoms with van der Waals surface area (Å²) >= 11 is 6.20. The molecule has 0 spiro atoms. The highest BCUT2D eigenvalue weighted by atomic mass is 35.5. The second-order valence-corrected chi connectivity index (χ2v) is 6.07. The van der Waals surface area contributed by atoms with E-state index in [-0.39, 0.29) is 17.7 Å². The van der Waals surface area contributed by atoms with Crippen molar-refractivity contribution in [3.8, 4) is 0 Å². The van der Waals surface area contributed by atoms with Crippen LogP contribution in [0, 0.1) is 18.8 Å². The smallest absolute Gasteiger partial charge is 0.306 e. The zero-order valence-corrected chi connectivity index (χ0v) is 13.1. The Morgan fingerprint density at radius 1 is 1.33 bits per heavy atom. The van der Waals surface area contributed by atoms with Gasteiger partial charge in [0.15, 0.2) is 0 Å². The summed E-state index contributed by atoms with van der Waals surface area (Å²) in [6.07, 6.45) is 1.45. The van der Waals surface area contributed by atoms with Crippen LogP contribution in [0.5, 0.6) is 0 Å². The van der Waals surface area contributed by atoms with Crippen LogP contribution in [0.3, 0.4) is 0 Å². The number of carboxylic acids is 1. The van der Waals surface area contributed by atoms with Crippen LogP contribution in [0.25, 0.3) is 0 Å². The summed E-state index contributed by atoms with van der Waals surface area (Å²) in [5, 5.41) is 9.56. The SMILES string of the molecule is Cc1cccc(C(=O)N2CCC(C(C)C(=O)O)CC2)c1Cl. The molecule has 1 fully saturated rings. The van der Waals surface area contributed by atoms with Crippen molar-refractivity contribution in [1.82, 2.24) is 4.90 Å². The molecule has 1 unspecified atom stereocenters. The highest BCUT2D eigenvalue weighted by Crippen LogP contribution is 2.28. The van der Waals surface area contributed by atoms with Gasteiger partial charge in [-0.3, -0.25) is 9.59 Å². The van der Waals surface area contributed by atoms with E-state index in [0.29, 0.717) is 23.7 Å². The number of benzene rings is 1. The third-order valence-electron chi connectivity index (χ3n) is 4.35. The Bertz CT molecular complexity index is 550. The van der Waals surface area contributed by atoms with Crippen molar-refractivity contribution in [3.63, 3.8) is 0 Å². The summed E-state index contributed by atoms with van der Waals surface area (Å²) in [7, 11) is 0. The van der Waals surface area contributed by atoms with E-state index in [1.54, 1.807) is 17.9 Å². The van der Waals surface area contributed by atoms with Crippen LogP contribution in [-0.4, -0.2) is 35.0 Å². The molecule has 0 aromatic heterocycles. The second-order valence-electron chi connectivity index (χ2n) is 5.69. The molecule has 1 atom stereocenters. The number of carbonyl (C=O) groups excluding carboxylic acids is 1. The van der Waals surface area contributed by atoms with Crippen LogP contribution in [0.4, 0.5) is 0 Å². The van der Waals surface area contributed by atoms with E-state index < -0.39 is 5.97 Å². The molecule has 0 saturated carbocycles. The zero-order chi connectivity index (χ0) is 15.6. The Labute approximate surface area is 129 Å². The summed E-state index contributed by atoms with van der Waals surface area (Å²) in [5.74, 6) is -1.05. The maximum atomic E-state index is 12.5. The first-order valence-corrected chi connectivity index (χ1v) is 7.56. The first kappa shape index (κ1) is 15.8. The van der Waals surface area contributed by atoms with E-state index in [1.165, 1.54) is 0 Å². The molecule has 1 aliphatic rings. The van der Waals surface area contributed by atoms with Gasteiger partial charge in [-0.1, -0.05) is 30.7 Å². The van der Waals surface area contributed by atoms with Gasteiger partial charge >= 0.3 is 5.97 Å². The lowest BCUT2D eigenvalue weighted by Crippen LogP contribution is -2.41. The van der Waals surface area contributed by atoms with E-state index in [9.17, 15) is 9.59 Å². The number of aliphatic carboxylic acids is 1. The van der Waals surface area contributed by atoms with Crippen LogP contribution < -0.4 is 0 Å². The summed E-state index contributed by atoms with van der Waals surface area (Å²) < 4.78 is 0. The molecule has 1 N–H and O–H groups in total. The fourth-order valence-electron chi connectivity index (χ4n) is 2.79. The summed E-state index contributed by atoms with van der Waals surface area (Å²) in [5.41, 5.74) is 1.42. The van der Waals surface area contributed by atoms with Gasteiger partial charge in [0, 0.05) is 13.1 Å². The predicted molar refractivity (Wildman–Crippen MR) is 81.6 cm³/mol. The fraction of sp³-hybridized carbons (Fsp3) is 0.500. The Kier molecular flexibility index (Phi) is 4.88. The van der Waals surface area contributed by atoms with Gasteiger partial charge < -0.3 is 10.0 Å². The maximum Gasteiger partial charge on any atom is 0.306 e. The monoisotopic (exact) mass is 309 g/mol. The number of piperidine rings is 1. The molecular formula is C16H20ClNO3. The Morgan fingerprint density at radius 3 is 2.52 bits per heavy atom. The lowest BCUT2D eigenvalue weighted by Gasteiger charge is -2.33. The average molecular weight is 310 g/mol. The van der Waals surface area contributed by atoms with E-state index >= 15 is 0 Å². The van der Waals surface area contributed by atoms with E-state index in [0.717, 1.165) is 18.4 Å². The lowest BCUT2D eigenvalue weighted by atomic mass is 9.85.